The molecular formula is C19H16F2N2O2S. The van der Waals surface area contributed by atoms with Gasteiger partial charge < -0.3 is 10.1 Å². The van der Waals surface area contributed by atoms with Crippen molar-refractivity contribution in [1.82, 2.24) is 10.3 Å². The molecule has 0 unspecified atom stereocenters. The minimum atomic E-state index is -0.691. The fourth-order valence-electron chi connectivity index (χ4n) is 2.38. The number of aromatic nitrogens is 1. The lowest BCUT2D eigenvalue weighted by atomic mass is 10.1. The van der Waals surface area contributed by atoms with E-state index in [0.29, 0.717) is 17.9 Å². The van der Waals surface area contributed by atoms with Crippen LogP contribution < -0.4 is 10.1 Å². The zero-order chi connectivity index (χ0) is 18.5. The zero-order valence-electron chi connectivity index (χ0n) is 13.9. The molecule has 0 aliphatic rings. The van der Waals surface area contributed by atoms with Gasteiger partial charge in [0.25, 0.3) is 5.91 Å². The molecule has 0 saturated heterocycles. The molecule has 26 heavy (non-hydrogen) atoms. The first-order valence-electron chi connectivity index (χ1n) is 7.88. The van der Waals surface area contributed by atoms with Crippen molar-refractivity contribution >= 4 is 17.2 Å². The number of carbonyl (C=O) groups excluding carboxylic acids is 1. The van der Waals surface area contributed by atoms with Crippen molar-refractivity contribution in [3.05, 3.63) is 81.8 Å². The van der Waals surface area contributed by atoms with Gasteiger partial charge >= 0.3 is 0 Å². The number of halogens is 2. The van der Waals surface area contributed by atoms with E-state index >= 15 is 0 Å². The number of thiazole rings is 1. The second kappa shape index (κ2) is 8.05. The number of hydrogen-bond donors (Lipinski definition) is 1. The van der Waals surface area contributed by atoms with E-state index < -0.39 is 17.7 Å². The van der Waals surface area contributed by atoms with Gasteiger partial charge in [-0.25, -0.2) is 13.8 Å². The average Bonchev–Trinajstić information content (AvgIpc) is 3.13. The Morgan fingerprint density at radius 3 is 2.65 bits per heavy atom. The number of rotatable bonds is 6. The largest absolute Gasteiger partial charge is 0.487 e. The van der Waals surface area contributed by atoms with Crippen LogP contribution in [0.15, 0.2) is 53.4 Å². The smallest absolute Gasteiger partial charge is 0.251 e. The zero-order valence-corrected chi connectivity index (χ0v) is 14.7. The highest BCUT2D eigenvalue weighted by molar-refractivity contribution is 7.07. The van der Waals surface area contributed by atoms with Crippen molar-refractivity contribution in [2.24, 2.45) is 0 Å². The number of nitrogens with zero attached hydrogens (tertiary/aromatic N) is 1. The van der Waals surface area contributed by atoms with Gasteiger partial charge in [-0.3, -0.25) is 4.79 Å². The number of ether oxygens (including phenoxy) is 1. The Balaban J connectivity index is 1.60. The van der Waals surface area contributed by atoms with E-state index in [1.165, 1.54) is 17.4 Å². The fourth-order valence-corrected chi connectivity index (χ4v) is 2.92. The first kappa shape index (κ1) is 18.0. The molecular weight excluding hydrogens is 358 g/mol. The number of nitrogens with one attached hydrogen (secondary N) is 1. The maximum atomic E-state index is 13.8. The number of hydrogen-bond acceptors (Lipinski definition) is 4. The molecule has 1 heterocycles. The lowest BCUT2D eigenvalue weighted by molar-refractivity contribution is 0.0939. The monoisotopic (exact) mass is 374 g/mol. The molecule has 3 aromatic rings. The molecule has 134 valence electrons. The average molecular weight is 374 g/mol. The van der Waals surface area contributed by atoms with Gasteiger partial charge in [-0.1, -0.05) is 6.07 Å². The van der Waals surface area contributed by atoms with Crippen LogP contribution in [0.1, 0.15) is 34.6 Å². The van der Waals surface area contributed by atoms with E-state index in [1.54, 1.807) is 36.7 Å². The van der Waals surface area contributed by atoms with Crippen LogP contribution in [0.3, 0.4) is 0 Å². The molecule has 1 aromatic heterocycles. The predicted octanol–water partition coefficient (Wildman–Crippen LogP) is 4.49. The standard InChI is InChI=1S/C19H16F2N2O2S/c1-12(17-7-4-14(20)8-18(17)21)23-19(24)13-2-5-16(6-3-13)25-9-15-10-26-11-22-15/h2-8,10-12H,9H2,1H3,(H,23,24)/t12-/m0/s1. The molecule has 3 rings (SSSR count). The minimum absolute atomic E-state index is 0.225. The minimum Gasteiger partial charge on any atom is -0.487 e. The first-order chi connectivity index (χ1) is 12.5. The second-order valence-electron chi connectivity index (χ2n) is 5.65. The molecule has 0 radical (unpaired) electrons. The van der Waals surface area contributed by atoms with Crippen molar-refractivity contribution in [2.75, 3.05) is 0 Å². The second-order valence-corrected chi connectivity index (χ2v) is 6.37. The molecule has 7 heteroatoms. The summed E-state index contributed by atoms with van der Waals surface area (Å²) in [6.45, 7) is 2.00. The van der Waals surface area contributed by atoms with Crippen molar-refractivity contribution < 1.29 is 18.3 Å². The molecule has 0 fully saturated rings. The van der Waals surface area contributed by atoms with Crippen LogP contribution in [0, 0.1) is 11.6 Å². The lowest BCUT2D eigenvalue weighted by Crippen LogP contribution is -2.27. The number of carbonyl (C=O) groups is 1. The molecule has 4 nitrogen and oxygen atoms in total. The van der Waals surface area contributed by atoms with Crippen molar-refractivity contribution in [1.29, 1.82) is 0 Å². The summed E-state index contributed by atoms with van der Waals surface area (Å²) in [6.07, 6.45) is 0. The van der Waals surface area contributed by atoms with Crippen LogP contribution in [0.4, 0.5) is 8.78 Å². The molecule has 2 aromatic carbocycles. The summed E-state index contributed by atoms with van der Waals surface area (Å²) in [5.41, 5.74) is 3.22. The normalized spacial score (nSPS) is 11.8. The third kappa shape index (κ3) is 4.43. The molecule has 1 amide bonds. The summed E-state index contributed by atoms with van der Waals surface area (Å²) in [4.78, 5) is 16.4. The number of benzene rings is 2. The van der Waals surface area contributed by atoms with Gasteiger partial charge in [-0.2, -0.15) is 0 Å². The van der Waals surface area contributed by atoms with E-state index in [1.807, 2.05) is 5.38 Å². The van der Waals surface area contributed by atoms with E-state index in [2.05, 4.69) is 10.3 Å². The molecule has 0 aliphatic carbocycles. The van der Waals surface area contributed by atoms with Crippen LogP contribution in [0.25, 0.3) is 0 Å². The van der Waals surface area contributed by atoms with Crippen LogP contribution in [-0.4, -0.2) is 10.9 Å². The highest BCUT2D eigenvalue weighted by Gasteiger charge is 2.15. The third-order valence-electron chi connectivity index (χ3n) is 3.76. The van der Waals surface area contributed by atoms with Crippen molar-refractivity contribution in [2.45, 2.75) is 19.6 Å². The predicted molar refractivity (Wildman–Crippen MR) is 95.1 cm³/mol. The Morgan fingerprint density at radius 1 is 1.23 bits per heavy atom. The van der Waals surface area contributed by atoms with Crippen molar-refractivity contribution in [3.8, 4) is 5.75 Å². The summed E-state index contributed by atoms with van der Waals surface area (Å²) in [5.74, 6) is -1.08. The van der Waals surface area contributed by atoms with Gasteiger partial charge in [0.05, 0.1) is 17.2 Å². The van der Waals surface area contributed by atoms with Gasteiger partial charge in [-0.15, -0.1) is 11.3 Å². The number of amides is 1. The quantitative estimate of drug-likeness (QED) is 0.692. The molecule has 1 N–H and O–H groups in total. The SMILES string of the molecule is C[C@H](NC(=O)c1ccc(OCc2cscn2)cc1)c1ccc(F)cc1F. The van der Waals surface area contributed by atoms with E-state index in [-0.39, 0.29) is 11.5 Å². The summed E-state index contributed by atoms with van der Waals surface area (Å²) in [5, 5.41) is 4.60. The van der Waals surface area contributed by atoms with Crippen LogP contribution in [0.2, 0.25) is 0 Å². The van der Waals surface area contributed by atoms with Gasteiger partial charge in [0.2, 0.25) is 0 Å². The van der Waals surface area contributed by atoms with Gasteiger partial charge in [-0.05, 0) is 37.3 Å². The van der Waals surface area contributed by atoms with Crippen LogP contribution >= 0.6 is 11.3 Å². The summed E-state index contributed by atoms with van der Waals surface area (Å²) in [7, 11) is 0. The van der Waals surface area contributed by atoms with Crippen molar-refractivity contribution in [3.63, 3.8) is 0 Å². The molecule has 0 aliphatic heterocycles. The highest BCUT2D eigenvalue weighted by Crippen LogP contribution is 2.19. The molecule has 0 spiro atoms. The van der Waals surface area contributed by atoms with Gasteiger partial charge in [0.1, 0.15) is 24.0 Å². The lowest BCUT2D eigenvalue weighted by Gasteiger charge is -2.15. The molecule has 0 bridgehead atoms. The van der Waals surface area contributed by atoms with Gasteiger partial charge in [0, 0.05) is 22.6 Å². The maximum Gasteiger partial charge on any atom is 0.251 e. The maximum absolute atomic E-state index is 13.8. The van der Waals surface area contributed by atoms with Crippen LogP contribution in [-0.2, 0) is 6.61 Å². The Morgan fingerprint density at radius 2 is 2.00 bits per heavy atom. The van der Waals surface area contributed by atoms with E-state index in [4.69, 9.17) is 4.74 Å². The Hall–Kier alpha value is -2.80. The molecule has 1 atom stereocenters. The highest BCUT2D eigenvalue weighted by atomic mass is 32.1. The third-order valence-corrected chi connectivity index (χ3v) is 4.40. The van der Waals surface area contributed by atoms with E-state index in [9.17, 15) is 13.6 Å². The Bertz CT molecular complexity index is 883. The Kier molecular flexibility index (Phi) is 5.58. The summed E-state index contributed by atoms with van der Waals surface area (Å²) in [6, 6.07) is 9.31. The topological polar surface area (TPSA) is 51.2 Å². The molecule has 0 saturated carbocycles. The summed E-state index contributed by atoms with van der Waals surface area (Å²) < 4.78 is 32.4. The van der Waals surface area contributed by atoms with E-state index in [0.717, 1.165) is 17.8 Å². The first-order valence-corrected chi connectivity index (χ1v) is 8.83. The fraction of sp³-hybridized carbons (Fsp3) is 0.158. The summed E-state index contributed by atoms with van der Waals surface area (Å²) >= 11 is 1.50. The van der Waals surface area contributed by atoms with Gasteiger partial charge in [0.15, 0.2) is 0 Å². The Labute approximate surface area is 153 Å². The van der Waals surface area contributed by atoms with Crippen LogP contribution in [0.5, 0.6) is 5.75 Å².